The van der Waals surface area contributed by atoms with Crippen LogP contribution in [0.25, 0.3) is 0 Å². The van der Waals surface area contributed by atoms with E-state index in [4.69, 9.17) is 4.74 Å². The monoisotopic (exact) mass is 180 g/mol. The Morgan fingerprint density at radius 2 is 2.08 bits per heavy atom. The average molecular weight is 180 g/mol. The molecule has 0 atom stereocenters. The third kappa shape index (κ3) is 4.57. The Hall–Kier alpha value is -0.970. The third-order valence-corrected chi connectivity index (χ3v) is 2.26. The SMILES string of the molecule is CC(=O)OCC#CC1CCCCC1. The fourth-order valence-electron chi connectivity index (χ4n) is 1.57. The minimum absolute atomic E-state index is 0.252. The number of carbonyl (C=O) groups excluding carboxylic acids is 1. The molecule has 1 saturated carbocycles. The lowest BCUT2D eigenvalue weighted by Gasteiger charge is -2.15. The van der Waals surface area contributed by atoms with Crippen LogP contribution in [-0.2, 0) is 9.53 Å². The van der Waals surface area contributed by atoms with Crippen LogP contribution < -0.4 is 0 Å². The Morgan fingerprint density at radius 1 is 1.38 bits per heavy atom. The van der Waals surface area contributed by atoms with E-state index in [-0.39, 0.29) is 12.6 Å². The fourth-order valence-corrected chi connectivity index (χ4v) is 1.57. The van der Waals surface area contributed by atoms with Crippen LogP contribution in [0.3, 0.4) is 0 Å². The predicted molar refractivity (Wildman–Crippen MR) is 51.0 cm³/mol. The summed E-state index contributed by atoms with van der Waals surface area (Å²) in [7, 11) is 0. The second kappa shape index (κ2) is 5.64. The lowest BCUT2D eigenvalue weighted by Crippen LogP contribution is -2.04. The molecular formula is C11H16O2. The molecule has 2 nitrogen and oxygen atoms in total. The molecule has 0 radical (unpaired) electrons. The summed E-state index contributed by atoms with van der Waals surface area (Å²) < 4.78 is 4.72. The molecule has 72 valence electrons. The zero-order valence-electron chi connectivity index (χ0n) is 8.14. The Balaban J connectivity index is 2.17. The van der Waals surface area contributed by atoms with Crippen LogP contribution in [0.15, 0.2) is 0 Å². The minimum atomic E-state index is -0.252. The van der Waals surface area contributed by atoms with E-state index in [1.165, 1.54) is 39.0 Å². The number of carbonyl (C=O) groups is 1. The van der Waals surface area contributed by atoms with E-state index in [9.17, 15) is 4.79 Å². The molecule has 0 unspecified atom stereocenters. The van der Waals surface area contributed by atoms with Gasteiger partial charge >= 0.3 is 5.97 Å². The van der Waals surface area contributed by atoms with Crippen molar-refractivity contribution in [2.75, 3.05) is 6.61 Å². The van der Waals surface area contributed by atoms with Crippen LogP contribution in [0.1, 0.15) is 39.0 Å². The topological polar surface area (TPSA) is 26.3 Å². The van der Waals surface area contributed by atoms with Crippen molar-refractivity contribution in [2.45, 2.75) is 39.0 Å². The van der Waals surface area contributed by atoms with E-state index in [2.05, 4.69) is 11.8 Å². The van der Waals surface area contributed by atoms with Crippen LogP contribution in [0.4, 0.5) is 0 Å². The van der Waals surface area contributed by atoms with Gasteiger partial charge in [-0.1, -0.05) is 31.1 Å². The highest BCUT2D eigenvalue weighted by Gasteiger charge is 2.09. The number of hydrogen-bond acceptors (Lipinski definition) is 2. The number of ether oxygens (including phenoxy) is 1. The molecule has 0 aliphatic heterocycles. The summed E-state index contributed by atoms with van der Waals surface area (Å²) >= 11 is 0. The Labute approximate surface area is 79.7 Å². The highest BCUT2D eigenvalue weighted by molar-refractivity contribution is 5.66. The number of hydrogen-bond donors (Lipinski definition) is 0. The largest absolute Gasteiger partial charge is 0.453 e. The molecule has 1 aliphatic rings. The van der Waals surface area contributed by atoms with Crippen molar-refractivity contribution in [2.24, 2.45) is 5.92 Å². The van der Waals surface area contributed by atoms with Gasteiger partial charge in [0.2, 0.25) is 0 Å². The van der Waals surface area contributed by atoms with Gasteiger partial charge in [0.05, 0.1) is 0 Å². The quantitative estimate of drug-likeness (QED) is 0.456. The first-order chi connectivity index (χ1) is 6.29. The predicted octanol–water partition coefficient (Wildman–Crippen LogP) is 2.13. The number of esters is 1. The maximum Gasteiger partial charge on any atom is 0.303 e. The first-order valence-electron chi connectivity index (χ1n) is 4.91. The second-order valence-electron chi connectivity index (χ2n) is 3.44. The van der Waals surface area contributed by atoms with E-state index in [1.807, 2.05) is 0 Å². The van der Waals surface area contributed by atoms with Gasteiger partial charge in [-0.3, -0.25) is 4.79 Å². The maximum absolute atomic E-state index is 10.4. The van der Waals surface area contributed by atoms with Crippen molar-refractivity contribution < 1.29 is 9.53 Å². The summed E-state index contributed by atoms with van der Waals surface area (Å²) in [6, 6.07) is 0. The Morgan fingerprint density at radius 3 is 2.69 bits per heavy atom. The molecule has 0 aromatic heterocycles. The van der Waals surface area contributed by atoms with Gasteiger partial charge < -0.3 is 4.74 Å². The number of rotatable bonds is 1. The van der Waals surface area contributed by atoms with E-state index < -0.39 is 0 Å². The highest BCUT2D eigenvalue weighted by Crippen LogP contribution is 2.22. The van der Waals surface area contributed by atoms with Gasteiger partial charge in [0, 0.05) is 12.8 Å². The van der Waals surface area contributed by atoms with Crippen molar-refractivity contribution >= 4 is 5.97 Å². The van der Waals surface area contributed by atoms with E-state index in [0.717, 1.165) is 0 Å². The van der Waals surface area contributed by atoms with Crippen molar-refractivity contribution in [3.8, 4) is 11.8 Å². The molecular weight excluding hydrogens is 164 g/mol. The molecule has 0 aromatic rings. The minimum Gasteiger partial charge on any atom is -0.453 e. The lowest BCUT2D eigenvalue weighted by molar-refractivity contribution is -0.139. The van der Waals surface area contributed by atoms with Crippen LogP contribution >= 0.6 is 0 Å². The van der Waals surface area contributed by atoms with Gasteiger partial charge in [-0.15, -0.1) is 0 Å². The van der Waals surface area contributed by atoms with Crippen molar-refractivity contribution in [1.29, 1.82) is 0 Å². The van der Waals surface area contributed by atoms with Gasteiger partial charge in [-0.25, -0.2) is 0 Å². The van der Waals surface area contributed by atoms with E-state index in [1.54, 1.807) is 0 Å². The summed E-state index contributed by atoms with van der Waals surface area (Å²) in [6.07, 6.45) is 6.38. The van der Waals surface area contributed by atoms with E-state index in [0.29, 0.717) is 5.92 Å². The molecule has 0 amide bonds. The first-order valence-corrected chi connectivity index (χ1v) is 4.91. The molecule has 0 bridgehead atoms. The molecule has 0 aromatic carbocycles. The van der Waals surface area contributed by atoms with Gasteiger partial charge in [-0.05, 0) is 12.8 Å². The Bertz CT molecular complexity index is 216. The van der Waals surface area contributed by atoms with Crippen LogP contribution in [0.2, 0.25) is 0 Å². The molecule has 0 N–H and O–H groups in total. The molecule has 1 fully saturated rings. The zero-order valence-corrected chi connectivity index (χ0v) is 8.14. The lowest BCUT2D eigenvalue weighted by atomic mass is 9.90. The second-order valence-corrected chi connectivity index (χ2v) is 3.44. The van der Waals surface area contributed by atoms with Crippen LogP contribution in [0.5, 0.6) is 0 Å². The van der Waals surface area contributed by atoms with Crippen molar-refractivity contribution in [1.82, 2.24) is 0 Å². The normalized spacial score (nSPS) is 17.3. The highest BCUT2D eigenvalue weighted by atomic mass is 16.5. The van der Waals surface area contributed by atoms with Crippen LogP contribution in [0, 0.1) is 17.8 Å². The van der Waals surface area contributed by atoms with Gasteiger partial charge in [0.25, 0.3) is 0 Å². The smallest absolute Gasteiger partial charge is 0.303 e. The first kappa shape index (κ1) is 10.1. The molecule has 0 heterocycles. The van der Waals surface area contributed by atoms with Gasteiger partial charge in [0.15, 0.2) is 6.61 Å². The zero-order chi connectivity index (χ0) is 9.52. The molecule has 1 rings (SSSR count). The van der Waals surface area contributed by atoms with Gasteiger partial charge in [0.1, 0.15) is 0 Å². The van der Waals surface area contributed by atoms with Gasteiger partial charge in [-0.2, -0.15) is 0 Å². The Kier molecular flexibility index (Phi) is 4.39. The summed E-state index contributed by atoms with van der Waals surface area (Å²) in [5.41, 5.74) is 0. The average Bonchev–Trinajstić information content (AvgIpc) is 2.14. The standard InChI is InChI=1S/C11H16O2/c1-10(12)13-9-5-8-11-6-3-2-4-7-11/h11H,2-4,6-7,9H2,1H3. The van der Waals surface area contributed by atoms with Crippen LogP contribution in [-0.4, -0.2) is 12.6 Å². The molecule has 0 saturated heterocycles. The fraction of sp³-hybridized carbons (Fsp3) is 0.727. The molecule has 1 aliphatic carbocycles. The van der Waals surface area contributed by atoms with Crippen molar-refractivity contribution in [3.63, 3.8) is 0 Å². The molecule has 13 heavy (non-hydrogen) atoms. The molecule has 2 heteroatoms. The molecule has 0 spiro atoms. The summed E-state index contributed by atoms with van der Waals surface area (Å²) in [5, 5.41) is 0. The summed E-state index contributed by atoms with van der Waals surface area (Å²) in [4.78, 5) is 10.4. The summed E-state index contributed by atoms with van der Waals surface area (Å²) in [5.74, 6) is 6.34. The summed E-state index contributed by atoms with van der Waals surface area (Å²) in [6.45, 7) is 1.66. The van der Waals surface area contributed by atoms with Crippen molar-refractivity contribution in [3.05, 3.63) is 0 Å². The maximum atomic E-state index is 10.4. The third-order valence-electron chi connectivity index (χ3n) is 2.26. The van der Waals surface area contributed by atoms with E-state index >= 15 is 0 Å².